The summed E-state index contributed by atoms with van der Waals surface area (Å²) in [4.78, 5) is 11.8. The van der Waals surface area contributed by atoms with Crippen LogP contribution in [0.3, 0.4) is 0 Å². The summed E-state index contributed by atoms with van der Waals surface area (Å²) in [5.74, 6) is 0.943. The number of thioether (sulfide) groups is 1. The van der Waals surface area contributed by atoms with Gasteiger partial charge in [-0.3, -0.25) is 4.79 Å². The molecule has 1 N–H and O–H groups in total. The Morgan fingerprint density at radius 2 is 2.40 bits per heavy atom. The van der Waals surface area contributed by atoms with Crippen molar-refractivity contribution >= 4 is 17.7 Å². The van der Waals surface area contributed by atoms with Crippen molar-refractivity contribution in [2.24, 2.45) is 5.92 Å². The summed E-state index contributed by atoms with van der Waals surface area (Å²) in [6.45, 7) is 2.26. The summed E-state index contributed by atoms with van der Waals surface area (Å²) in [6.07, 6.45) is 8.44. The van der Waals surface area contributed by atoms with Gasteiger partial charge in [0.05, 0.1) is 5.25 Å². The quantitative estimate of drug-likeness (QED) is 0.780. The van der Waals surface area contributed by atoms with Crippen molar-refractivity contribution in [1.82, 2.24) is 5.32 Å². The van der Waals surface area contributed by atoms with Crippen LogP contribution in [0, 0.1) is 5.92 Å². The van der Waals surface area contributed by atoms with Crippen molar-refractivity contribution in [3.8, 4) is 0 Å². The third-order valence-corrected chi connectivity index (χ3v) is 4.02. The van der Waals surface area contributed by atoms with Gasteiger partial charge in [0.25, 0.3) is 0 Å². The summed E-state index contributed by atoms with van der Waals surface area (Å²) >= 11 is 1.62. The Hall–Kier alpha value is -0.700. The average molecular weight is 223 g/mol. The van der Waals surface area contributed by atoms with E-state index < -0.39 is 0 Å². The Morgan fingerprint density at radius 3 is 3.00 bits per heavy atom. The second-order valence-corrected chi connectivity index (χ2v) is 5.44. The van der Waals surface area contributed by atoms with Gasteiger partial charge in [0.1, 0.15) is 0 Å². The van der Waals surface area contributed by atoms with E-state index in [-0.39, 0.29) is 11.2 Å². The Balaban J connectivity index is 1.83. The zero-order chi connectivity index (χ0) is 10.7. The highest BCUT2D eigenvalue weighted by Crippen LogP contribution is 2.25. The lowest BCUT2D eigenvalue weighted by Crippen LogP contribution is -2.31. The van der Waals surface area contributed by atoms with E-state index in [1.54, 1.807) is 11.8 Å². The summed E-state index contributed by atoms with van der Waals surface area (Å²) in [6, 6.07) is 0. The maximum absolute atomic E-state index is 11.8. The molecule has 0 saturated carbocycles. The molecule has 0 bridgehead atoms. The first kappa shape index (κ1) is 10.8. The molecule has 2 unspecified atom stereocenters. The van der Waals surface area contributed by atoms with Gasteiger partial charge >= 0.3 is 0 Å². The largest absolute Gasteiger partial charge is 0.329 e. The summed E-state index contributed by atoms with van der Waals surface area (Å²) < 4.78 is 0. The highest BCUT2D eigenvalue weighted by atomic mass is 32.2. The van der Waals surface area contributed by atoms with Crippen LogP contribution in [0.2, 0.25) is 0 Å². The van der Waals surface area contributed by atoms with Crippen molar-refractivity contribution in [3.05, 3.63) is 23.3 Å². The van der Waals surface area contributed by atoms with E-state index in [9.17, 15) is 4.79 Å². The predicted molar refractivity (Wildman–Crippen MR) is 64.4 cm³/mol. The van der Waals surface area contributed by atoms with Gasteiger partial charge in [-0.25, -0.2) is 0 Å². The van der Waals surface area contributed by atoms with Gasteiger partial charge in [-0.1, -0.05) is 19.1 Å². The summed E-state index contributed by atoms with van der Waals surface area (Å²) in [5, 5.41) is 5.16. The number of rotatable bonds is 2. The number of nitrogens with one attached hydrogen (secondary N) is 1. The molecule has 0 aromatic carbocycles. The fourth-order valence-corrected chi connectivity index (χ4v) is 2.69. The second-order valence-electron chi connectivity index (χ2n) is 4.33. The minimum atomic E-state index is 0.102. The minimum Gasteiger partial charge on any atom is -0.329 e. The molecular weight excluding hydrogens is 206 g/mol. The van der Waals surface area contributed by atoms with Crippen LogP contribution in [-0.4, -0.2) is 11.2 Å². The number of carbonyl (C=O) groups excluding carboxylic acids is 1. The summed E-state index contributed by atoms with van der Waals surface area (Å²) in [5.41, 5.74) is 1.13. The highest BCUT2D eigenvalue weighted by Gasteiger charge is 2.21. The fourth-order valence-electron chi connectivity index (χ4n) is 1.87. The third-order valence-electron chi connectivity index (χ3n) is 2.94. The van der Waals surface area contributed by atoms with Gasteiger partial charge in [-0.05, 0) is 37.0 Å². The monoisotopic (exact) mass is 223 g/mol. The van der Waals surface area contributed by atoms with Crippen LogP contribution in [0.5, 0.6) is 0 Å². The van der Waals surface area contributed by atoms with Crippen molar-refractivity contribution in [2.45, 2.75) is 37.9 Å². The van der Waals surface area contributed by atoms with E-state index in [4.69, 9.17) is 0 Å². The second kappa shape index (κ2) is 4.88. The van der Waals surface area contributed by atoms with Crippen LogP contribution >= 0.6 is 11.8 Å². The molecule has 2 aliphatic rings. The zero-order valence-electron chi connectivity index (χ0n) is 9.03. The van der Waals surface area contributed by atoms with Gasteiger partial charge < -0.3 is 5.32 Å². The SMILES string of the molecule is CC1CC=C(NC(=O)C2CC=CS2)CC1. The Morgan fingerprint density at radius 1 is 1.53 bits per heavy atom. The molecule has 0 spiro atoms. The zero-order valence-corrected chi connectivity index (χ0v) is 9.85. The van der Waals surface area contributed by atoms with Crippen LogP contribution < -0.4 is 5.32 Å². The number of hydrogen-bond acceptors (Lipinski definition) is 2. The molecule has 2 rings (SSSR count). The maximum Gasteiger partial charge on any atom is 0.237 e. The van der Waals surface area contributed by atoms with E-state index in [1.165, 1.54) is 6.42 Å². The lowest BCUT2D eigenvalue weighted by molar-refractivity contribution is -0.119. The van der Waals surface area contributed by atoms with E-state index >= 15 is 0 Å². The van der Waals surface area contributed by atoms with Gasteiger partial charge in [0.2, 0.25) is 5.91 Å². The molecule has 1 amide bonds. The van der Waals surface area contributed by atoms with Crippen molar-refractivity contribution in [1.29, 1.82) is 0 Å². The molecule has 15 heavy (non-hydrogen) atoms. The molecule has 2 atom stereocenters. The molecule has 1 heterocycles. The first-order valence-electron chi connectivity index (χ1n) is 5.56. The molecule has 1 aliphatic carbocycles. The average Bonchev–Trinajstić information content (AvgIpc) is 2.74. The highest BCUT2D eigenvalue weighted by molar-refractivity contribution is 8.03. The Labute approximate surface area is 95.2 Å². The standard InChI is InChI=1S/C12H17NOS/c1-9-4-6-10(7-5-9)13-12(14)11-3-2-8-15-11/h2,6,8-9,11H,3-5,7H2,1H3,(H,13,14). The predicted octanol–water partition coefficient (Wildman–Crippen LogP) is 2.83. The van der Waals surface area contributed by atoms with Crippen LogP contribution in [-0.2, 0) is 4.79 Å². The molecule has 1 aliphatic heterocycles. The van der Waals surface area contributed by atoms with Gasteiger partial charge in [-0.2, -0.15) is 0 Å². The number of hydrogen-bond donors (Lipinski definition) is 1. The minimum absolute atomic E-state index is 0.102. The third kappa shape index (κ3) is 2.88. The fraction of sp³-hybridized carbons (Fsp3) is 0.583. The Bertz CT molecular complexity index is 301. The Kier molecular flexibility index (Phi) is 3.52. The number of amides is 1. The lowest BCUT2D eigenvalue weighted by Gasteiger charge is -2.20. The topological polar surface area (TPSA) is 29.1 Å². The smallest absolute Gasteiger partial charge is 0.237 e. The molecule has 82 valence electrons. The lowest BCUT2D eigenvalue weighted by atomic mass is 9.94. The van der Waals surface area contributed by atoms with Crippen LogP contribution in [0.15, 0.2) is 23.3 Å². The van der Waals surface area contributed by atoms with Crippen LogP contribution in [0.25, 0.3) is 0 Å². The molecule has 0 aromatic rings. The first-order chi connectivity index (χ1) is 7.25. The molecule has 0 fully saturated rings. The van der Waals surface area contributed by atoms with Crippen LogP contribution in [0.1, 0.15) is 32.6 Å². The van der Waals surface area contributed by atoms with Crippen molar-refractivity contribution < 1.29 is 4.79 Å². The molecular formula is C12H17NOS. The normalized spacial score (nSPS) is 30.1. The van der Waals surface area contributed by atoms with E-state index in [2.05, 4.69) is 24.4 Å². The molecule has 2 nitrogen and oxygen atoms in total. The van der Waals surface area contributed by atoms with Gasteiger partial charge in [0, 0.05) is 5.70 Å². The van der Waals surface area contributed by atoms with Gasteiger partial charge in [0.15, 0.2) is 0 Å². The van der Waals surface area contributed by atoms with Crippen LogP contribution in [0.4, 0.5) is 0 Å². The summed E-state index contributed by atoms with van der Waals surface area (Å²) in [7, 11) is 0. The van der Waals surface area contributed by atoms with E-state index in [1.807, 2.05) is 5.41 Å². The van der Waals surface area contributed by atoms with E-state index in [0.29, 0.717) is 0 Å². The molecule has 0 aromatic heterocycles. The molecule has 3 heteroatoms. The van der Waals surface area contributed by atoms with Gasteiger partial charge in [-0.15, -0.1) is 11.8 Å². The number of allylic oxidation sites excluding steroid dienone is 3. The molecule has 0 saturated heterocycles. The first-order valence-corrected chi connectivity index (χ1v) is 6.50. The number of carbonyl (C=O) groups is 1. The molecule has 0 radical (unpaired) electrons. The van der Waals surface area contributed by atoms with E-state index in [0.717, 1.165) is 30.9 Å². The van der Waals surface area contributed by atoms with Crippen molar-refractivity contribution in [2.75, 3.05) is 0 Å². The van der Waals surface area contributed by atoms with Crippen molar-refractivity contribution in [3.63, 3.8) is 0 Å². The maximum atomic E-state index is 11.8.